The highest BCUT2D eigenvalue weighted by molar-refractivity contribution is 6.29. The number of nitro groups is 1. The van der Waals surface area contributed by atoms with Gasteiger partial charge in [-0.1, -0.05) is 18.2 Å². The summed E-state index contributed by atoms with van der Waals surface area (Å²) in [5, 5.41) is 14.4. The summed E-state index contributed by atoms with van der Waals surface area (Å²) in [4.78, 5) is 33.7. The summed E-state index contributed by atoms with van der Waals surface area (Å²) in [6, 6.07) is 13.1. The van der Waals surface area contributed by atoms with Gasteiger partial charge in [0.15, 0.2) is 6.29 Å². The molecule has 0 fully saturated rings. The van der Waals surface area contributed by atoms with Crippen LogP contribution in [0.4, 0.5) is 11.4 Å². The number of anilines is 1. The summed E-state index contributed by atoms with van der Waals surface area (Å²) >= 11 is 5.53. The van der Waals surface area contributed by atoms with Gasteiger partial charge in [-0.2, -0.15) is 0 Å². The van der Waals surface area contributed by atoms with Crippen molar-refractivity contribution < 1.29 is 14.5 Å². The smallest absolute Gasteiger partial charge is 0.271 e. The molecule has 0 aliphatic rings. The Morgan fingerprint density at radius 3 is 2.68 bits per heavy atom. The average molecular weight is 358 g/mol. The fourth-order valence-corrected chi connectivity index (χ4v) is 2.71. The van der Waals surface area contributed by atoms with Crippen molar-refractivity contribution in [3.05, 3.63) is 64.3 Å². The Labute approximate surface area is 147 Å². The molecule has 0 radical (unpaired) electrons. The summed E-state index contributed by atoms with van der Waals surface area (Å²) in [5.41, 5.74) is 1.55. The van der Waals surface area contributed by atoms with Gasteiger partial charge in [-0.15, -0.1) is 11.6 Å². The first-order chi connectivity index (χ1) is 12.0. The molecule has 0 unspecified atom stereocenters. The number of fused-ring (bicyclic) bond motifs is 1. The second-order valence-electron chi connectivity index (χ2n) is 5.22. The van der Waals surface area contributed by atoms with E-state index in [0.29, 0.717) is 17.7 Å². The summed E-state index contributed by atoms with van der Waals surface area (Å²) in [5.74, 6) is -0.803. The van der Waals surface area contributed by atoms with E-state index < -0.39 is 10.8 Å². The normalized spacial score (nSPS) is 10.6. The van der Waals surface area contributed by atoms with E-state index in [2.05, 4.69) is 5.32 Å². The number of carbonyl (C=O) groups excluding carboxylic acids is 2. The number of hydrogen-bond acceptors (Lipinski definition) is 4. The third kappa shape index (κ3) is 3.09. The van der Waals surface area contributed by atoms with E-state index in [1.54, 1.807) is 10.6 Å². The van der Waals surface area contributed by atoms with Crippen LogP contribution in [0.15, 0.2) is 48.5 Å². The zero-order valence-corrected chi connectivity index (χ0v) is 13.6. The molecule has 1 aromatic heterocycles. The molecule has 0 aliphatic carbocycles. The van der Waals surface area contributed by atoms with E-state index in [-0.39, 0.29) is 17.3 Å². The molecule has 0 saturated carbocycles. The molecule has 1 N–H and O–H groups in total. The lowest BCUT2D eigenvalue weighted by Gasteiger charge is -2.14. The Bertz CT molecular complexity index is 997. The maximum atomic E-state index is 11.7. The lowest BCUT2D eigenvalue weighted by molar-refractivity contribution is -0.384. The number of nitrogens with zero attached hydrogens (tertiary/aromatic N) is 2. The zero-order chi connectivity index (χ0) is 18.0. The first-order valence-corrected chi connectivity index (χ1v) is 7.79. The van der Waals surface area contributed by atoms with Crippen LogP contribution in [0.1, 0.15) is 10.5 Å². The third-order valence-electron chi connectivity index (χ3n) is 3.69. The number of nitro benzene ring substituents is 1. The van der Waals surface area contributed by atoms with E-state index in [1.165, 1.54) is 18.2 Å². The van der Waals surface area contributed by atoms with Crippen molar-refractivity contribution >= 4 is 46.1 Å². The maximum absolute atomic E-state index is 11.7. The van der Waals surface area contributed by atoms with E-state index in [0.717, 1.165) is 10.9 Å². The second kappa shape index (κ2) is 6.74. The molecular formula is C17H12ClN3O4. The number of alkyl halides is 1. The number of amides is 1. The number of nitrogens with one attached hydrogen (secondary N) is 1. The highest BCUT2D eigenvalue weighted by atomic mass is 35.5. The minimum atomic E-state index is -0.561. The predicted octanol–water partition coefficient (Wildman–Crippen LogP) is 3.53. The first-order valence-electron chi connectivity index (χ1n) is 7.25. The van der Waals surface area contributed by atoms with Gasteiger partial charge in [0.1, 0.15) is 5.88 Å². The number of benzene rings is 2. The molecule has 25 heavy (non-hydrogen) atoms. The monoisotopic (exact) mass is 357 g/mol. The van der Waals surface area contributed by atoms with Crippen LogP contribution >= 0.6 is 11.6 Å². The minimum Gasteiger partial charge on any atom is -0.323 e. The Hall–Kier alpha value is -3.19. The predicted molar refractivity (Wildman–Crippen MR) is 94.7 cm³/mol. The number of aromatic nitrogens is 1. The van der Waals surface area contributed by atoms with Gasteiger partial charge in [0, 0.05) is 17.5 Å². The number of rotatable bonds is 5. The van der Waals surface area contributed by atoms with Crippen molar-refractivity contribution in [3.8, 4) is 5.69 Å². The molecule has 126 valence electrons. The standard InChI is InChI=1S/C17H12ClN3O4/c18-9-17(23)19-14-8-12(21(24)25)5-6-16(14)20-13(10-22)7-11-3-1-2-4-15(11)20/h1-8,10H,9H2,(H,19,23). The largest absolute Gasteiger partial charge is 0.323 e. The van der Waals surface area contributed by atoms with Gasteiger partial charge in [-0.25, -0.2) is 0 Å². The highest BCUT2D eigenvalue weighted by Crippen LogP contribution is 2.31. The quantitative estimate of drug-likeness (QED) is 0.327. The Morgan fingerprint density at radius 1 is 1.24 bits per heavy atom. The molecule has 1 amide bonds. The number of hydrogen-bond donors (Lipinski definition) is 1. The van der Waals surface area contributed by atoms with Crippen molar-refractivity contribution in [2.24, 2.45) is 0 Å². The number of carbonyl (C=O) groups is 2. The molecule has 7 nitrogen and oxygen atoms in total. The Morgan fingerprint density at radius 2 is 2.00 bits per heavy atom. The molecule has 3 rings (SSSR count). The summed E-state index contributed by atoms with van der Waals surface area (Å²) in [6.07, 6.45) is 0.689. The van der Waals surface area contributed by atoms with E-state index in [4.69, 9.17) is 11.6 Å². The fraction of sp³-hybridized carbons (Fsp3) is 0.0588. The van der Waals surface area contributed by atoms with Crippen molar-refractivity contribution in [2.75, 3.05) is 11.2 Å². The van der Waals surface area contributed by atoms with Crippen LogP contribution in [0.25, 0.3) is 16.6 Å². The number of halogens is 1. The van der Waals surface area contributed by atoms with E-state index >= 15 is 0 Å². The topological polar surface area (TPSA) is 94.2 Å². The number of non-ortho nitro benzene ring substituents is 1. The van der Waals surface area contributed by atoms with Crippen molar-refractivity contribution in [1.29, 1.82) is 0 Å². The van der Waals surface area contributed by atoms with Gasteiger partial charge in [0.05, 0.1) is 27.5 Å². The summed E-state index contributed by atoms with van der Waals surface area (Å²) in [7, 11) is 0. The van der Waals surface area contributed by atoms with Crippen molar-refractivity contribution in [3.63, 3.8) is 0 Å². The molecule has 0 aliphatic heterocycles. The molecule has 0 bridgehead atoms. The lowest BCUT2D eigenvalue weighted by atomic mass is 10.2. The van der Waals surface area contributed by atoms with Crippen LogP contribution in [0.5, 0.6) is 0 Å². The molecule has 3 aromatic rings. The van der Waals surface area contributed by atoms with Crippen LogP contribution < -0.4 is 5.32 Å². The lowest BCUT2D eigenvalue weighted by Crippen LogP contribution is -2.15. The molecular weight excluding hydrogens is 346 g/mol. The highest BCUT2D eigenvalue weighted by Gasteiger charge is 2.17. The molecule has 0 atom stereocenters. The van der Waals surface area contributed by atoms with E-state index in [1.807, 2.05) is 24.3 Å². The van der Waals surface area contributed by atoms with Crippen LogP contribution in [0.3, 0.4) is 0 Å². The minimum absolute atomic E-state index is 0.183. The van der Waals surface area contributed by atoms with Gasteiger partial charge >= 0.3 is 0 Å². The molecule has 1 heterocycles. The molecule has 0 spiro atoms. The number of para-hydroxylation sites is 1. The van der Waals surface area contributed by atoms with Crippen molar-refractivity contribution in [1.82, 2.24) is 4.57 Å². The van der Waals surface area contributed by atoms with Crippen molar-refractivity contribution in [2.45, 2.75) is 0 Å². The van der Waals surface area contributed by atoms with Gasteiger partial charge in [0.25, 0.3) is 5.69 Å². The van der Waals surface area contributed by atoms with Crippen LogP contribution in [-0.4, -0.2) is 27.6 Å². The average Bonchev–Trinajstić information content (AvgIpc) is 3.00. The SMILES string of the molecule is O=Cc1cc2ccccc2n1-c1ccc([N+](=O)[O-])cc1NC(=O)CCl. The molecule has 2 aromatic carbocycles. The van der Waals surface area contributed by atoms with Crippen LogP contribution in [-0.2, 0) is 4.79 Å². The first kappa shape index (κ1) is 16.7. The summed E-state index contributed by atoms with van der Waals surface area (Å²) < 4.78 is 1.63. The molecule has 0 saturated heterocycles. The van der Waals surface area contributed by atoms with Gasteiger partial charge < -0.3 is 9.88 Å². The fourth-order valence-electron chi connectivity index (χ4n) is 2.65. The third-order valence-corrected chi connectivity index (χ3v) is 3.93. The maximum Gasteiger partial charge on any atom is 0.271 e. The van der Waals surface area contributed by atoms with Gasteiger partial charge in [-0.3, -0.25) is 19.7 Å². The summed E-state index contributed by atoms with van der Waals surface area (Å²) in [6.45, 7) is 0. The second-order valence-corrected chi connectivity index (χ2v) is 5.49. The van der Waals surface area contributed by atoms with Crippen LogP contribution in [0, 0.1) is 10.1 Å². The van der Waals surface area contributed by atoms with Gasteiger partial charge in [0.2, 0.25) is 5.91 Å². The van der Waals surface area contributed by atoms with E-state index in [9.17, 15) is 19.7 Å². The Kier molecular flexibility index (Phi) is 4.49. The zero-order valence-electron chi connectivity index (χ0n) is 12.8. The van der Waals surface area contributed by atoms with Gasteiger partial charge in [-0.05, 0) is 18.2 Å². The number of aldehydes is 1. The molecule has 8 heteroatoms. The Balaban J connectivity index is 2.28. The van der Waals surface area contributed by atoms with Crippen LogP contribution in [0.2, 0.25) is 0 Å².